The molecular weight excluding hydrogens is 234 g/mol. The molecule has 3 heteroatoms. The van der Waals surface area contributed by atoms with E-state index >= 15 is 0 Å². The normalized spacial score (nSPS) is 13.7. The predicted molar refractivity (Wildman–Crippen MR) is 73.7 cm³/mol. The fourth-order valence-electron chi connectivity index (χ4n) is 1.81. The van der Waals surface area contributed by atoms with Crippen molar-refractivity contribution in [1.29, 1.82) is 0 Å². The van der Waals surface area contributed by atoms with Gasteiger partial charge in [0.25, 0.3) is 0 Å². The Labute approximate surface area is 109 Å². The molecule has 0 aliphatic carbocycles. The van der Waals surface area contributed by atoms with Crippen molar-refractivity contribution in [1.82, 2.24) is 5.32 Å². The predicted octanol–water partition coefficient (Wildman–Crippen LogP) is 3.29. The Balaban J connectivity index is 2.76. The van der Waals surface area contributed by atoms with Gasteiger partial charge in [-0.15, -0.1) is 0 Å². The minimum absolute atomic E-state index is 0.185. The Morgan fingerprint density at radius 1 is 1.29 bits per heavy atom. The summed E-state index contributed by atoms with van der Waals surface area (Å²) in [6.07, 6.45) is 0.936. The maximum atomic E-state index is 5.89. The summed E-state index contributed by atoms with van der Waals surface area (Å²) in [5.74, 6) is 0. The Morgan fingerprint density at radius 3 is 2.35 bits per heavy atom. The van der Waals surface area contributed by atoms with E-state index in [1.54, 1.807) is 7.11 Å². The van der Waals surface area contributed by atoms with Crippen LogP contribution in [0.15, 0.2) is 24.3 Å². The van der Waals surface area contributed by atoms with E-state index in [-0.39, 0.29) is 5.60 Å². The monoisotopic (exact) mass is 255 g/mol. The first kappa shape index (κ1) is 14.5. The highest BCUT2D eigenvalue weighted by atomic mass is 35.5. The second kappa shape index (κ2) is 6.39. The molecule has 1 aromatic rings. The minimum atomic E-state index is -0.185. The molecule has 1 N–H and O–H groups in total. The van der Waals surface area contributed by atoms with Crippen molar-refractivity contribution < 1.29 is 4.74 Å². The SMILES string of the molecule is CCNC(Cc1ccc(Cl)cc1)C(C)(C)OC. The van der Waals surface area contributed by atoms with Crippen molar-refractivity contribution in [3.8, 4) is 0 Å². The lowest BCUT2D eigenvalue weighted by molar-refractivity contribution is -0.00960. The van der Waals surface area contributed by atoms with E-state index in [2.05, 4.69) is 38.2 Å². The molecule has 0 saturated heterocycles. The van der Waals surface area contributed by atoms with Crippen LogP contribution in [0.1, 0.15) is 26.3 Å². The first-order valence-corrected chi connectivity index (χ1v) is 6.40. The highest BCUT2D eigenvalue weighted by Gasteiger charge is 2.28. The van der Waals surface area contributed by atoms with Crippen LogP contribution >= 0.6 is 11.6 Å². The first-order valence-electron chi connectivity index (χ1n) is 6.02. The third-order valence-electron chi connectivity index (χ3n) is 3.17. The van der Waals surface area contributed by atoms with E-state index < -0.39 is 0 Å². The molecule has 0 aliphatic heterocycles. The summed E-state index contributed by atoms with van der Waals surface area (Å²) >= 11 is 5.89. The lowest BCUT2D eigenvalue weighted by atomic mass is 9.92. The van der Waals surface area contributed by atoms with Crippen molar-refractivity contribution in [2.24, 2.45) is 0 Å². The van der Waals surface area contributed by atoms with Gasteiger partial charge in [0.2, 0.25) is 0 Å². The van der Waals surface area contributed by atoms with Crippen LogP contribution in [0.4, 0.5) is 0 Å². The number of methoxy groups -OCH3 is 1. The van der Waals surface area contributed by atoms with Gasteiger partial charge >= 0.3 is 0 Å². The fraction of sp³-hybridized carbons (Fsp3) is 0.571. The Kier molecular flexibility index (Phi) is 5.44. The molecule has 0 spiro atoms. The van der Waals surface area contributed by atoms with Crippen LogP contribution in [0.25, 0.3) is 0 Å². The van der Waals surface area contributed by atoms with Crippen molar-refractivity contribution in [3.05, 3.63) is 34.9 Å². The van der Waals surface area contributed by atoms with E-state index in [1.807, 2.05) is 12.1 Å². The number of rotatable bonds is 6. The van der Waals surface area contributed by atoms with E-state index in [9.17, 15) is 0 Å². The Morgan fingerprint density at radius 2 is 1.88 bits per heavy atom. The molecule has 0 fully saturated rings. The van der Waals surface area contributed by atoms with Crippen molar-refractivity contribution >= 4 is 11.6 Å². The number of hydrogen-bond acceptors (Lipinski definition) is 2. The topological polar surface area (TPSA) is 21.3 Å². The number of halogens is 1. The molecule has 0 amide bonds. The number of benzene rings is 1. The van der Waals surface area contributed by atoms with Gasteiger partial charge in [-0.05, 0) is 44.5 Å². The summed E-state index contributed by atoms with van der Waals surface area (Å²) in [4.78, 5) is 0. The van der Waals surface area contributed by atoms with Gasteiger partial charge in [0.1, 0.15) is 0 Å². The van der Waals surface area contributed by atoms with Crippen molar-refractivity contribution in [3.63, 3.8) is 0 Å². The van der Waals surface area contributed by atoms with Crippen molar-refractivity contribution in [2.45, 2.75) is 38.8 Å². The standard InChI is InChI=1S/C14H22ClNO/c1-5-16-13(14(2,3)17-4)10-11-6-8-12(15)9-7-11/h6-9,13,16H,5,10H2,1-4H3. The molecule has 17 heavy (non-hydrogen) atoms. The average Bonchev–Trinajstić information content (AvgIpc) is 2.31. The summed E-state index contributed by atoms with van der Waals surface area (Å²) in [7, 11) is 1.76. The number of likely N-dealkylation sites (N-methyl/N-ethyl adjacent to an activating group) is 1. The van der Waals surface area contributed by atoms with Gasteiger partial charge < -0.3 is 10.1 Å². The van der Waals surface area contributed by atoms with Crippen LogP contribution in [0.3, 0.4) is 0 Å². The van der Waals surface area contributed by atoms with Crippen molar-refractivity contribution in [2.75, 3.05) is 13.7 Å². The smallest absolute Gasteiger partial charge is 0.0778 e. The molecule has 1 atom stereocenters. The Hall–Kier alpha value is -0.570. The average molecular weight is 256 g/mol. The van der Waals surface area contributed by atoms with Crippen LogP contribution < -0.4 is 5.32 Å². The quantitative estimate of drug-likeness (QED) is 0.842. The van der Waals surface area contributed by atoms with Gasteiger partial charge in [0.05, 0.1) is 5.60 Å². The lowest BCUT2D eigenvalue weighted by Gasteiger charge is -2.34. The van der Waals surface area contributed by atoms with Crippen LogP contribution in [0, 0.1) is 0 Å². The summed E-state index contributed by atoms with van der Waals surface area (Å²) in [5.41, 5.74) is 1.08. The zero-order chi connectivity index (χ0) is 12.9. The molecule has 0 saturated carbocycles. The van der Waals surface area contributed by atoms with Gasteiger partial charge in [-0.3, -0.25) is 0 Å². The number of ether oxygens (including phenoxy) is 1. The summed E-state index contributed by atoms with van der Waals surface area (Å²) in [5, 5.41) is 4.26. The van der Waals surface area contributed by atoms with Crippen LogP contribution in [-0.4, -0.2) is 25.3 Å². The lowest BCUT2D eigenvalue weighted by Crippen LogP contribution is -2.49. The molecule has 96 valence electrons. The molecule has 2 nitrogen and oxygen atoms in total. The molecular formula is C14H22ClNO. The maximum Gasteiger partial charge on any atom is 0.0778 e. The third-order valence-corrected chi connectivity index (χ3v) is 3.42. The maximum absolute atomic E-state index is 5.89. The van der Waals surface area contributed by atoms with Gasteiger partial charge in [0, 0.05) is 18.2 Å². The van der Waals surface area contributed by atoms with Gasteiger partial charge in [-0.1, -0.05) is 30.7 Å². The molecule has 0 bridgehead atoms. The van der Waals surface area contributed by atoms with Gasteiger partial charge in [0.15, 0.2) is 0 Å². The first-order chi connectivity index (χ1) is 7.99. The molecule has 0 aliphatic rings. The molecule has 0 aromatic heterocycles. The van der Waals surface area contributed by atoms with E-state index in [0.717, 1.165) is 18.0 Å². The fourth-order valence-corrected chi connectivity index (χ4v) is 1.93. The minimum Gasteiger partial charge on any atom is -0.377 e. The second-order valence-electron chi connectivity index (χ2n) is 4.75. The number of hydrogen-bond donors (Lipinski definition) is 1. The molecule has 1 rings (SSSR count). The molecule has 1 unspecified atom stereocenters. The highest BCUT2D eigenvalue weighted by Crippen LogP contribution is 2.19. The zero-order valence-electron chi connectivity index (χ0n) is 11.1. The zero-order valence-corrected chi connectivity index (χ0v) is 11.8. The molecule has 1 aromatic carbocycles. The number of nitrogens with one attached hydrogen (secondary N) is 1. The molecule has 0 heterocycles. The van der Waals surface area contributed by atoms with Crippen LogP contribution in [0.5, 0.6) is 0 Å². The molecule has 0 radical (unpaired) electrons. The van der Waals surface area contributed by atoms with E-state index in [0.29, 0.717) is 6.04 Å². The Bertz CT molecular complexity index is 335. The van der Waals surface area contributed by atoms with E-state index in [1.165, 1.54) is 5.56 Å². The van der Waals surface area contributed by atoms with Crippen LogP contribution in [-0.2, 0) is 11.2 Å². The van der Waals surface area contributed by atoms with Gasteiger partial charge in [-0.2, -0.15) is 0 Å². The summed E-state index contributed by atoms with van der Waals surface area (Å²) in [6.45, 7) is 7.26. The second-order valence-corrected chi connectivity index (χ2v) is 5.18. The third kappa shape index (κ3) is 4.30. The van der Waals surface area contributed by atoms with Crippen LogP contribution in [0.2, 0.25) is 5.02 Å². The highest BCUT2D eigenvalue weighted by molar-refractivity contribution is 6.30. The largest absolute Gasteiger partial charge is 0.377 e. The summed E-state index contributed by atoms with van der Waals surface area (Å²) in [6, 6.07) is 8.29. The van der Waals surface area contributed by atoms with Gasteiger partial charge in [-0.25, -0.2) is 0 Å². The van der Waals surface area contributed by atoms with E-state index in [4.69, 9.17) is 16.3 Å². The summed E-state index contributed by atoms with van der Waals surface area (Å²) < 4.78 is 5.56.